The second kappa shape index (κ2) is 7.46. The number of ether oxygens (including phenoxy) is 2. The Morgan fingerprint density at radius 3 is 2.83 bits per heavy atom. The van der Waals surface area contributed by atoms with Gasteiger partial charge in [-0.05, 0) is 31.9 Å². The summed E-state index contributed by atoms with van der Waals surface area (Å²) < 4.78 is 10.0. The van der Waals surface area contributed by atoms with Gasteiger partial charge in [-0.25, -0.2) is 9.59 Å². The Bertz CT molecular complexity index is 588. The van der Waals surface area contributed by atoms with Gasteiger partial charge >= 0.3 is 12.0 Å². The van der Waals surface area contributed by atoms with Gasteiger partial charge in [-0.3, -0.25) is 0 Å². The molecule has 2 rings (SSSR count). The Morgan fingerprint density at radius 2 is 2.13 bits per heavy atom. The first-order valence-electron chi connectivity index (χ1n) is 7.74. The van der Waals surface area contributed by atoms with Gasteiger partial charge in [0.2, 0.25) is 0 Å². The van der Waals surface area contributed by atoms with Gasteiger partial charge in [0.1, 0.15) is 0 Å². The van der Waals surface area contributed by atoms with Crippen molar-refractivity contribution in [1.82, 2.24) is 10.2 Å². The maximum absolute atomic E-state index is 12.4. The third-order valence-corrected chi connectivity index (χ3v) is 4.06. The summed E-state index contributed by atoms with van der Waals surface area (Å²) in [5.41, 5.74) is 3.39. The van der Waals surface area contributed by atoms with E-state index >= 15 is 0 Å². The molecule has 1 aromatic rings. The number of urea groups is 1. The first kappa shape index (κ1) is 17.3. The lowest BCUT2D eigenvalue weighted by Crippen LogP contribution is -2.52. The molecule has 0 aromatic heterocycles. The molecule has 2 atom stereocenters. The van der Waals surface area contributed by atoms with E-state index in [1.807, 2.05) is 20.8 Å². The van der Waals surface area contributed by atoms with Gasteiger partial charge in [0.15, 0.2) is 6.10 Å². The molecule has 126 valence electrons. The van der Waals surface area contributed by atoms with Gasteiger partial charge in [0.25, 0.3) is 0 Å². The number of aryl methyl sites for hydroxylation is 2. The standard InChI is InChI=1S/C17H24N2O4/c1-11-5-6-12(2)14(9-11)13(3)18-17(21)19-7-8-23-15(10-19)16(20)22-4/h5-6,9,13,15H,7-8,10H2,1-4H3,(H,18,21). The quantitative estimate of drug-likeness (QED) is 0.864. The zero-order chi connectivity index (χ0) is 17.0. The number of carbonyl (C=O) groups excluding carboxylic acids is 2. The zero-order valence-electron chi connectivity index (χ0n) is 14.1. The van der Waals surface area contributed by atoms with E-state index in [0.29, 0.717) is 13.2 Å². The number of esters is 1. The van der Waals surface area contributed by atoms with Crippen molar-refractivity contribution in [3.8, 4) is 0 Å². The molecule has 0 radical (unpaired) electrons. The van der Waals surface area contributed by atoms with Crippen molar-refractivity contribution >= 4 is 12.0 Å². The van der Waals surface area contributed by atoms with Crippen molar-refractivity contribution in [1.29, 1.82) is 0 Å². The van der Waals surface area contributed by atoms with Crippen molar-refractivity contribution in [2.75, 3.05) is 26.8 Å². The Hall–Kier alpha value is -2.08. The van der Waals surface area contributed by atoms with Crippen LogP contribution in [0.15, 0.2) is 18.2 Å². The van der Waals surface area contributed by atoms with E-state index in [9.17, 15) is 9.59 Å². The van der Waals surface area contributed by atoms with Gasteiger partial charge in [0.05, 0.1) is 26.3 Å². The van der Waals surface area contributed by atoms with Crippen molar-refractivity contribution in [2.45, 2.75) is 32.9 Å². The van der Waals surface area contributed by atoms with Crippen LogP contribution in [0.3, 0.4) is 0 Å². The van der Waals surface area contributed by atoms with Crippen LogP contribution in [0.1, 0.15) is 29.7 Å². The van der Waals surface area contributed by atoms with Crippen LogP contribution < -0.4 is 5.32 Å². The Morgan fingerprint density at radius 1 is 1.39 bits per heavy atom. The van der Waals surface area contributed by atoms with Crippen LogP contribution in [0.25, 0.3) is 0 Å². The molecular formula is C17H24N2O4. The number of hydrogen-bond donors (Lipinski definition) is 1. The minimum atomic E-state index is -0.712. The number of nitrogens with zero attached hydrogens (tertiary/aromatic N) is 1. The second-order valence-corrected chi connectivity index (χ2v) is 5.86. The maximum Gasteiger partial charge on any atom is 0.336 e. The number of carbonyl (C=O) groups is 2. The summed E-state index contributed by atoms with van der Waals surface area (Å²) >= 11 is 0. The van der Waals surface area contributed by atoms with Crippen LogP contribution >= 0.6 is 0 Å². The average Bonchev–Trinajstić information content (AvgIpc) is 2.56. The van der Waals surface area contributed by atoms with Crippen molar-refractivity contribution < 1.29 is 19.1 Å². The number of hydrogen-bond acceptors (Lipinski definition) is 4. The van der Waals surface area contributed by atoms with Gasteiger partial charge in [-0.15, -0.1) is 0 Å². The molecule has 1 heterocycles. The molecule has 0 bridgehead atoms. The third-order valence-electron chi connectivity index (χ3n) is 4.06. The van der Waals surface area contributed by atoms with E-state index in [-0.39, 0.29) is 18.6 Å². The minimum Gasteiger partial charge on any atom is -0.467 e. The van der Waals surface area contributed by atoms with Crippen LogP contribution in [0.4, 0.5) is 4.79 Å². The highest BCUT2D eigenvalue weighted by molar-refractivity contribution is 5.78. The minimum absolute atomic E-state index is 0.109. The normalized spacial score (nSPS) is 19.1. The number of benzene rings is 1. The average molecular weight is 320 g/mol. The van der Waals surface area contributed by atoms with Gasteiger partial charge in [-0.2, -0.15) is 0 Å². The predicted molar refractivity (Wildman–Crippen MR) is 86.2 cm³/mol. The number of morpholine rings is 1. The molecule has 1 aliphatic heterocycles. The molecule has 1 fully saturated rings. The SMILES string of the molecule is COC(=O)C1CN(C(=O)NC(C)c2cc(C)ccc2C)CCO1. The van der Waals surface area contributed by atoms with Crippen molar-refractivity contribution in [3.63, 3.8) is 0 Å². The summed E-state index contributed by atoms with van der Waals surface area (Å²) in [6.07, 6.45) is -0.712. The topological polar surface area (TPSA) is 67.9 Å². The lowest BCUT2D eigenvalue weighted by atomic mass is 10.00. The molecule has 23 heavy (non-hydrogen) atoms. The van der Waals surface area contributed by atoms with Crippen LogP contribution in [0.5, 0.6) is 0 Å². The fourth-order valence-electron chi connectivity index (χ4n) is 2.69. The van der Waals surface area contributed by atoms with Crippen LogP contribution in [0, 0.1) is 13.8 Å². The fraction of sp³-hybridized carbons (Fsp3) is 0.529. The Labute approximate surface area is 136 Å². The summed E-state index contributed by atoms with van der Waals surface area (Å²) in [6, 6.07) is 5.88. The molecule has 1 aliphatic rings. The highest BCUT2D eigenvalue weighted by atomic mass is 16.6. The highest BCUT2D eigenvalue weighted by Crippen LogP contribution is 2.19. The Balaban J connectivity index is 2.00. The molecule has 6 nitrogen and oxygen atoms in total. The molecule has 1 aromatic carbocycles. The van der Waals surface area contributed by atoms with Gasteiger partial charge < -0.3 is 19.7 Å². The molecule has 0 saturated carbocycles. The molecule has 1 N–H and O–H groups in total. The number of amides is 2. The molecule has 0 spiro atoms. The highest BCUT2D eigenvalue weighted by Gasteiger charge is 2.30. The molecule has 2 unspecified atom stereocenters. The Kier molecular flexibility index (Phi) is 5.60. The first-order valence-corrected chi connectivity index (χ1v) is 7.74. The zero-order valence-corrected chi connectivity index (χ0v) is 14.1. The van der Waals surface area contributed by atoms with Crippen LogP contribution in [-0.2, 0) is 14.3 Å². The number of rotatable bonds is 3. The van der Waals surface area contributed by atoms with E-state index in [1.165, 1.54) is 7.11 Å². The van der Waals surface area contributed by atoms with Crippen molar-refractivity contribution in [3.05, 3.63) is 34.9 Å². The molecule has 0 aliphatic carbocycles. The van der Waals surface area contributed by atoms with Crippen molar-refractivity contribution in [2.24, 2.45) is 0 Å². The lowest BCUT2D eigenvalue weighted by Gasteiger charge is -2.32. The second-order valence-electron chi connectivity index (χ2n) is 5.86. The molecule has 1 saturated heterocycles. The van der Waals surface area contributed by atoms with Crippen LogP contribution in [0.2, 0.25) is 0 Å². The maximum atomic E-state index is 12.4. The fourth-order valence-corrected chi connectivity index (χ4v) is 2.69. The summed E-state index contributed by atoms with van der Waals surface area (Å²) in [5.74, 6) is -0.454. The smallest absolute Gasteiger partial charge is 0.336 e. The van der Waals surface area contributed by atoms with Crippen LogP contribution in [-0.4, -0.2) is 49.8 Å². The van der Waals surface area contributed by atoms with E-state index < -0.39 is 12.1 Å². The lowest BCUT2D eigenvalue weighted by molar-refractivity contribution is -0.158. The monoisotopic (exact) mass is 320 g/mol. The van der Waals surface area contributed by atoms with E-state index in [4.69, 9.17) is 4.74 Å². The van der Waals surface area contributed by atoms with E-state index in [0.717, 1.165) is 16.7 Å². The third kappa shape index (κ3) is 4.22. The van der Waals surface area contributed by atoms with Gasteiger partial charge in [0, 0.05) is 6.54 Å². The molecule has 2 amide bonds. The summed E-state index contributed by atoms with van der Waals surface area (Å²) in [4.78, 5) is 25.6. The largest absolute Gasteiger partial charge is 0.467 e. The van der Waals surface area contributed by atoms with E-state index in [1.54, 1.807) is 4.90 Å². The summed E-state index contributed by atoms with van der Waals surface area (Å²) in [6.45, 7) is 7.00. The summed E-state index contributed by atoms with van der Waals surface area (Å²) in [7, 11) is 1.31. The predicted octanol–water partition coefficient (Wildman–Crippen LogP) is 1.95. The van der Waals surface area contributed by atoms with Gasteiger partial charge in [-0.1, -0.05) is 23.8 Å². The summed E-state index contributed by atoms with van der Waals surface area (Å²) in [5, 5.41) is 2.99. The van der Waals surface area contributed by atoms with E-state index in [2.05, 4.69) is 28.3 Å². The number of nitrogens with one attached hydrogen (secondary N) is 1. The first-order chi connectivity index (χ1) is 10.9. The molecule has 6 heteroatoms. The number of methoxy groups -OCH3 is 1. The molecular weight excluding hydrogens is 296 g/mol.